The Hall–Kier alpha value is -3.27. The lowest BCUT2D eigenvalue weighted by molar-refractivity contribution is -0.120. The Morgan fingerprint density at radius 3 is 2.50 bits per heavy atom. The molecule has 2 aliphatic rings. The summed E-state index contributed by atoms with van der Waals surface area (Å²) in [5, 5.41) is 0. The molecule has 0 radical (unpaired) electrons. The minimum absolute atomic E-state index is 0.135. The van der Waals surface area contributed by atoms with Crippen LogP contribution in [0.25, 0.3) is 11.3 Å². The predicted molar refractivity (Wildman–Crippen MR) is 136 cm³/mol. The lowest BCUT2D eigenvalue weighted by atomic mass is 9.88. The van der Waals surface area contributed by atoms with Crippen molar-refractivity contribution in [3.8, 4) is 22.8 Å². The number of hydrogen-bond donors (Lipinski definition) is 1. The molecule has 0 unspecified atom stereocenters. The van der Waals surface area contributed by atoms with Gasteiger partial charge < -0.3 is 14.4 Å². The number of pyridine rings is 1. The van der Waals surface area contributed by atoms with Gasteiger partial charge in [-0.15, -0.1) is 0 Å². The van der Waals surface area contributed by atoms with Crippen LogP contribution >= 0.6 is 0 Å². The zero-order valence-electron chi connectivity index (χ0n) is 20.4. The van der Waals surface area contributed by atoms with E-state index in [0.717, 1.165) is 24.0 Å². The van der Waals surface area contributed by atoms with Crippen LogP contribution in [0.4, 0.5) is 0 Å². The maximum absolute atomic E-state index is 13.3. The largest absolute Gasteiger partial charge is 0.454 e. The lowest BCUT2D eigenvalue weighted by Gasteiger charge is -2.15. The van der Waals surface area contributed by atoms with Crippen LogP contribution < -0.4 is 14.2 Å². The monoisotopic (exact) mass is 507 g/mol. The van der Waals surface area contributed by atoms with Gasteiger partial charge in [-0.25, -0.2) is 13.1 Å². The Kier molecular flexibility index (Phi) is 6.55. The van der Waals surface area contributed by atoms with E-state index in [1.807, 2.05) is 55.4 Å². The third kappa shape index (κ3) is 5.00. The Labute approximate surface area is 211 Å². The smallest absolute Gasteiger partial charge is 0.240 e. The molecule has 2 aromatic carbocycles. The van der Waals surface area contributed by atoms with Gasteiger partial charge in [-0.05, 0) is 68.9 Å². The third-order valence-electron chi connectivity index (χ3n) is 6.67. The number of ketones is 1. The van der Waals surface area contributed by atoms with Crippen molar-refractivity contribution in [1.29, 1.82) is 0 Å². The minimum atomic E-state index is -3.58. The summed E-state index contributed by atoms with van der Waals surface area (Å²) in [5.74, 6) is 1.53. The number of sulfonamides is 1. The first-order valence-corrected chi connectivity index (χ1v) is 13.4. The van der Waals surface area contributed by atoms with Crippen LogP contribution in [0.5, 0.6) is 11.5 Å². The molecule has 8 nitrogen and oxygen atoms in total. The highest BCUT2D eigenvalue weighted by Crippen LogP contribution is 2.51. The Morgan fingerprint density at radius 1 is 1.03 bits per heavy atom. The van der Waals surface area contributed by atoms with Crippen LogP contribution in [-0.4, -0.2) is 58.1 Å². The summed E-state index contributed by atoms with van der Waals surface area (Å²) in [6.45, 7) is 1.15. The van der Waals surface area contributed by atoms with Gasteiger partial charge in [-0.1, -0.05) is 24.3 Å². The molecule has 188 valence electrons. The second-order valence-electron chi connectivity index (χ2n) is 9.49. The molecule has 1 N–H and O–H groups in total. The fraction of sp³-hybridized carbons (Fsp3) is 0.333. The number of nitrogens with one attached hydrogen (secondary N) is 1. The highest BCUT2D eigenvalue weighted by Gasteiger charge is 2.51. The van der Waals surface area contributed by atoms with E-state index >= 15 is 0 Å². The zero-order valence-corrected chi connectivity index (χ0v) is 21.2. The van der Waals surface area contributed by atoms with Crippen LogP contribution in [0.2, 0.25) is 0 Å². The summed E-state index contributed by atoms with van der Waals surface area (Å²) in [7, 11) is 0.200. The van der Waals surface area contributed by atoms with Crippen molar-refractivity contribution < 1.29 is 22.7 Å². The fourth-order valence-corrected chi connectivity index (χ4v) is 5.43. The predicted octanol–water partition coefficient (Wildman–Crippen LogP) is 3.16. The van der Waals surface area contributed by atoms with E-state index in [1.165, 1.54) is 0 Å². The summed E-state index contributed by atoms with van der Waals surface area (Å²) in [5.41, 5.74) is 2.63. The van der Waals surface area contributed by atoms with Gasteiger partial charge >= 0.3 is 0 Å². The molecule has 36 heavy (non-hydrogen) atoms. The van der Waals surface area contributed by atoms with Gasteiger partial charge in [-0.3, -0.25) is 9.78 Å². The maximum Gasteiger partial charge on any atom is 0.240 e. The van der Waals surface area contributed by atoms with Crippen molar-refractivity contribution in [3.63, 3.8) is 0 Å². The summed E-state index contributed by atoms with van der Waals surface area (Å²) >= 11 is 0. The maximum atomic E-state index is 13.3. The normalized spacial score (nSPS) is 15.8. The lowest BCUT2D eigenvalue weighted by Crippen LogP contribution is -2.31. The van der Waals surface area contributed by atoms with Crippen molar-refractivity contribution in [2.24, 2.45) is 0 Å². The molecule has 9 heteroatoms. The number of nitrogens with zero attached hydrogens (tertiary/aromatic N) is 2. The van der Waals surface area contributed by atoms with E-state index in [2.05, 4.69) is 4.72 Å². The SMILES string of the molecule is CN(C)CCNS(=O)(=O)c1ccc(-c2cccc(CC(=O)C3(c4ccc5c(c4)OCO5)CC3)n2)cc1. The van der Waals surface area contributed by atoms with Crippen LogP contribution in [0.1, 0.15) is 24.1 Å². The zero-order chi connectivity index (χ0) is 25.3. The van der Waals surface area contributed by atoms with E-state index in [1.54, 1.807) is 24.3 Å². The molecular formula is C27H29N3O5S. The number of hydrogen-bond acceptors (Lipinski definition) is 7. The first kappa shape index (κ1) is 24.4. The number of carbonyl (C=O) groups excluding carboxylic acids is 1. The molecule has 1 aliphatic heterocycles. The van der Waals surface area contributed by atoms with E-state index in [-0.39, 0.29) is 23.9 Å². The molecule has 1 saturated carbocycles. The van der Waals surface area contributed by atoms with Crippen LogP contribution in [0.15, 0.2) is 65.6 Å². The average Bonchev–Trinajstić information content (AvgIpc) is 3.55. The van der Waals surface area contributed by atoms with Gasteiger partial charge in [0.05, 0.1) is 16.0 Å². The second kappa shape index (κ2) is 9.65. The van der Waals surface area contributed by atoms with E-state index < -0.39 is 15.4 Å². The van der Waals surface area contributed by atoms with Crippen molar-refractivity contribution >= 4 is 15.8 Å². The van der Waals surface area contributed by atoms with Gasteiger partial charge in [0, 0.05) is 30.8 Å². The summed E-state index contributed by atoms with van der Waals surface area (Å²) in [6, 6.07) is 18.0. The number of ether oxygens (including phenoxy) is 2. The van der Waals surface area contributed by atoms with Gasteiger partial charge in [0.25, 0.3) is 0 Å². The molecule has 3 aromatic rings. The number of aromatic nitrogens is 1. The second-order valence-corrected chi connectivity index (χ2v) is 11.3. The molecule has 1 aromatic heterocycles. The van der Waals surface area contributed by atoms with Gasteiger partial charge in [0.1, 0.15) is 5.78 Å². The summed E-state index contributed by atoms with van der Waals surface area (Å²) in [4.78, 5) is 20.2. The van der Waals surface area contributed by atoms with Crippen molar-refractivity contribution in [3.05, 3.63) is 71.9 Å². The number of fused-ring (bicyclic) bond motifs is 1. The van der Waals surface area contributed by atoms with Crippen LogP contribution in [0.3, 0.4) is 0 Å². The van der Waals surface area contributed by atoms with Gasteiger partial charge in [0.15, 0.2) is 11.5 Å². The van der Waals surface area contributed by atoms with Crippen molar-refractivity contribution in [2.75, 3.05) is 34.0 Å². The number of benzene rings is 2. The van der Waals surface area contributed by atoms with Crippen LogP contribution in [0, 0.1) is 0 Å². The summed E-state index contributed by atoms with van der Waals surface area (Å²) < 4.78 is 38.5. The Morgan fingerprint density at radius 2 is 1.78 bits per heavy atom. The van der Waals surface area contributed by atoms with E-state index in [0.29, 0.717) is 36.0 Å². The number of likely N-dealkylation sites (N-methyl/N-ethyl adjacent to an activating group) is 1. The molecule has 5 rings (SSSR count). The molecule has 0 bridgehead atoms. The molecule has 0 spiro atoms. The number of carbonyl (C=O) groups is 1. The Bertz CT molecular complexity index is 1380. The Balaban J connectivity index is 1.29. The highest BCUT2D eigenvalue weighted by molar-refractivity contribution is 7.89. The topological polar surface area (TPSA) is 97.8 Å². The average molecular weight is 508 g/mol. The van der Waals surface area contributed by atoms with Crippen molar-refractivity contribution in [1.82, 2.24) is 14.6 Å². The first-order valence-electron chi connectivity index (χ1n) is 11.9. The summed E-state index contributed by atoms with van der Waals surface area (Å²) in [6.07, 6.45) is 1.85. The van der Waals surface area contributed by atoms with Crippen LogP contribution in [-0.2, 0) is 26.7 Å². The first-order chi connectivity index (χ1) is 17.3. The number of Topliss-reactive ketones (excluding diaryl/α,β-unsaturated/α-hetero) is 1. The van der Waals surface area contributed by atoms with E-state index in [4.69, 9.17) is 14.5 Å². The molecular weight excluding hydrogens is 478 g/mol. The molecule has 0 atom stereocenters. The standard InChI is InChI=1S/C27H29N3O5S/c1-30(2)15-14-28-36(32,33)22-9-6-19(7-10-22)23-5-3-4-21(29-23)17-26(31)27(12-13-27)20-8-11-24-25(16-20)35-18-34-24/h3-11,16,28H,12-15,17-18H2,1-2H3. The molecule has 0 amide bonds. The quantitative estimate of drug-likeness (QED) is 0.450. The minimum Gasteiger partial charge on any atom is -0.454 e. The number of rotatable bonds is 10. The van der Waals surface area contributed by atoms with E-state index in [9.17, 15) is 13.2 Å². The van der Waals surface area contributed by atoms with Gasteiger partial charge in [-0.2, -0.15) is 0 Å². The molecule has 1 fully saturated rings. The molecule has 0 saturated heterocycles. The molecule has 1 aliphatic carbocycles. The molecule has 2 heterocycles. The van der Waals surface area contributed by atoms with Gasteiger partial charge in [0.2, 0.25) is 16.8 Å². The highest BCUT2D eigenvalue weighted by atomic mass is 32.2. The van der Waals surface area contributed by atoms with Crippen molar-refractivity contribution in [2.45, 2.75) is 29.6 Å². The third-order valence-corrected chi connectivity index (χ3v) is 8.15. The fourth-order valence-electron chi connectivity index (χ4n) is 4.41.